The molecule has 3 heterocycles. The summed E-state index contributed by atoms with van der Waals surface area (Å²) in [6.07, 6.45) is 0. The van der Waals surface area contributed by atoms with Gasteiger partial charge in [-0.2, -0.15) is 4.68 Å². The summed E-state index contributed by atoms with van der Waals surface area (Å²) in [7, 11) is -3.36. The lowest BCUT2D eigenvalue weighted by Gasteiger charge is -2.20. The van der Waals surface area contributed by atoms with E-state index in [1.807, 2.05) is 0 Å². The molecule has 2 aliphatic rings. The molecule has 0 spiro atoms. The molecule has 2 aliphatic heterocycles. The highest BCUT2D eigenvalue weighted by Crippen LogP contribution is 2.32. The molecule has 1 aromatic rings. The van der Waals surface area contributed by atoms with E-state index in [4.69, 9.17) is 4.42 Å². The van der Waals surface area contributed by atoms with E-state index in [-0.39, 0.29) is 18.2 Å². The van der Waals surface area contributed by atoms with Gasteiger partial charge >= 0.3 is 5.76 Å². The predicted molar refractivity (Wildman–Crippen MR) is 80.0 cm³/mol. The second kappa shape index (κ2) is 5.78. The van der Waals surface area contributed by atoms with Crippen LogP contribution in [0.25, 0.3) is 0 Å². The van der Waals surface area contributed by atoms with Gasteiger partial charge in [0.2, 0.25) is 15.9 Å². The first kappa shape index (κ1) is 15.7. The van der Waals surface area contributed by atoms with Gasteiger partial charge in [-0.1, -0.05) is 6.92 Å². The molecule has 0 saturated carbocycles. The van der Waals surface area contributed by atoms with Crippen LogP contribution in [0.4, 0.5) is 0 Å². The SMILES string of the molecule is CCN1C[C@@H]2CN(S(=O)(=O)CCn3nc(C)oc3=O)C[C@@H]2C1. The van der Waals surface area contributed by atoms with Crippen molar-refractivity contribution in [3.05, 3.63) is 16.4 Å². The molecule has 1 aromatic heterocycles. The fourth-order valence-electron chi connectivity index (χ4n) is 3.42. The van der Waals surface area contributed by atoms with E-state index in [2.05, 4.69) is 16.9 Å². The van der Waals surface area contributed by atoms with Gasteiger partial charge in [0.15, 0.2) is 0 Å². The number of likely N-dealkylation sites (tertiary alicyclic amines) is 1. The van der Waals surface area contributed by atoms with Gasteiger partial charge in [0.25, 0.3) is 0 Å². The summed E-state index contributed by atoms with van der Waals surface area (Å²) < 4.78 is 32.3. The predicted octanol–water partition coefficient (Wildman–Crippen LogP) is -0.642. The largest absolute Gasteiger partial charge is 0.437 e. The van der Waals surface area contributed by atoms with Crippen LogP contribution in [0.5, 0.6) is 0 Å². The zero-order chi connectivity index (χ0) is 15.9. The first-order valence-electron chi connectivity index (χ1n) is 7.63. The Hall–Kier alpha value is -1.19. The van der Waals surface area contributed by atoms with Crippen molar-refractivity contribution in [3.63, 3.8) is 0 Å². The molecule has 22 heavy (non-hydrogen) atoms. The summed E-state index contributed by atoms with van der Waals surface area (Å²) in [6, 6.07) is 0. The molecule has 0 radical (unpaired) electrons. The fourth-order valence-corrected chi connectivity index (χ4v) is 4.91. The number of nitrogens with zero attached hydrogens (tertiary/aromatic N) is 4. The van der Waals surface area contributed by atoms with Gasteiger partial charge < -0.3 is 9.32 Å². The van der Waals surface area contributed by atoms with Crippen LogP contribution < -0.4 is 5.76 Å². The standard InChI is InChI=1S/C13H22N4O4S/c1-3-15-6-11-8-16(9-12(11)7-15)22(19,20)5-4-17-13(18)21-10(2)14-17/h11-12H,3-9H2,1-2H3/t11-,12+. The van der Waals surface area contributed by atoms with Crippen LogP contribution in [0.2, 0.25) is 0 Å². The molecular formula is C13H22N4O4S. The highest BCUT2D eigenvalue weighted by molar-refractivity contribution is 7.89. The zero-order valence-electron chi connectivity index (χ0n) is 12.9. The third-order valence-corrected chi connectivity index (χ3v) is 6.42. The Bertz CT molecular complexity index is 681. The minimum Gasteiger partial charge on any atom is -0.393 e. The monoisotopic (exact) mass is 330 g/mol. The van der Waals surface area contributed by atoms with Gasteiger partial charge in [0.1, 0.15) is 0 Å². The van der Waals surface area contributed by atoms with Crippen LogP contribution >= 0.6 is 0 Å². The highest BCUT2D eigenvalue weighted by atomic mass is 32.2. The maximum atomic E-state index is 12.4. The summed E-state index contributed by atoms with van der Waals surface area (Å²) in [5.41, 5.74) is 0. The lowest BCUT2D eigenvalue weighted by molar-refractivity contribution is 0.310. The topological polar surface area (TPSA) is 88.7 Å². The Balaban J connectivity index is 1.61. The van der Waals surface area contributed by atoms with Crippen molar-refractivity contribution in [3.8, 4) is 0 Å². The van der Waals surface area contributed by atoms with Crippen LogP contribution in [0, 0.1) is 18.8 Å². The van der Waals surface area contributed by atoms with Gasteiger partial charge in [-0.25, -0.2) is 17.5 Å². The number of hydrogen-bond donors (Lipinski definition) is 0. The van der Waals surface area contributed by atoms with E-state index in [1.165, 1.54) is 0 Å². The van der Waals surface area contributed by atoms with E-state index in [0.29, 0.717) is 24.9 Å². The first-order chi connectivity index (χ1) is 10.4. The summed E-state index contributed by atoms with van der Waals surface area (Å²) >= 11 is 0. The van der Waals surface area contributed by atoms with E-state index < -0.39 is 15.8 Å². The van der Waals surface area contributed by atoms with Crippen LogP contribution in [0.3, 0.4) is 0 Å². The quantitative estimate of drug-likeness (QED) is 0.713. The van der Waals surface area contributed by atoms with Crippen LogP contribution in [0.1, 0.15) is 12.8 Å². The minimum absolute atomic E-state index is 0.0332. The van der Waals surface area contributed by atoms with Crippen molar-refractivity contribution in [2.24, 2.45) is 11.8 Å². The summed E-state index contributed by atoms with van der Waals surface area (Å²) in [5, 5.41) is 3.87. The molecule has 9 heteroatoms. The smallest absolute Gasteiger partial charge is 0.393 e. The summed E-state index contributed by atoms with van der Waals surface area (Å²) in [6.45, 7) is 7.90. The Morgan fingerprint density at radius 3 is 2.36 bits per heavy atom. The molecule has 124 valence electrons. The molecule has 2 atom stereocenters. The molecule has 0 aliphatic carbocycles. The van der Waals surface area contributed by atoms with E-state index >= 15 is 0 Å². The van der Waals surface area contributed by atoms with Gasteiger partial charge in [-0.05, 0) is 18.4 Å². The number of aromatic nitrogens is 2. The molecule has 3 rings (SSSR count). The minimum atomic E-state index is -3.36. The van der Waals surface area contributed by atoms with Gasteiger partial charge in [0, 0.05) is 33.1 Å². The average Bonchev–Trinajstić information content (AvgIpc) is 3.09. The molecule has 2 saturated heterocycles. The molecule has 0 amide bonds. The highest BCUT2D eigenvalue weighted by Gasteiger charge is 2.43. The molecule has 8 nitrogen and oxygen atoms in total. The second-order valence-electron chi connectivity index (χ2n) is 6.12. The summed E-state index contributed by atoms with van der Waals surface area (Å²) in [5.74, 6) is 0.399. The van der Waals surface area contributed by atoms with E-state index in [9.17, 15) is 13.2 Å². The Morgan fingerprint density at radius 1 is 1.23 bits per heavy atom. The molecule has 0 N–H and O–H groups in total. The third kappa shape index (κ3) is 2.97. The van der Waals surface area contributed by atoms with Crippen molar-refractivity contribution >= 4 is 10.0 Å². The second-order valence-corrected chi connectivity index (χ2v) is 8.20. The maximum absolute atomic E-state index is 12.4. The van der Waals surface area contributed by atoms with Crippen LogP contribution in [0.15, 0.2) is 9.21 Å². The van der Waals surface area contributed by atoms with Crippen LogP contribution in [-0.4, -0.2) is 65.9 Å². The van der Waals surface area contributed by atoms with E-state index in [1.54, 1.807) is 11.2 Å². The average molecular weight is 330 g/mol. The lowest BCUT2D eigenvalue weighted by atomic mass is 10.0. The molecule has 0 bridgehead atoms. The Labute approximate surface area is 129 Å². The molecule has 0 unspecified atom stereocenters. The number of sulfonamides is 1. The van der Waals surface area contributed by atoms with Crippen molar-refractivity contribution in [2.75, 3.05) is 38.5 Å². The third-order valence-electron chi connectivity index (χ3n) is 4.64. The molecule has 2 fully saturated rings. The number of aryl methyl sites for hydroxylation is 2. The molecule has 0 aromatic carbocycles. The number of fused-ring (bicyclic) bond motifs is 1. The van der Waals surface area contributed by atoms with Gasteiger partial charge in [-0.15, -0.1) is 5.10 Å². The first-order valence-corrected chi connectivity index (χ1v) is 9.24. The molecular weight excluding hydrogens is 308 g/mol. The fraction of sp³-hybridized carbons (Fsp3) is 0.846. The van der Waals surface area contributed by atoms with Crippen molar-refractivity contribution in [1.82, 2.24) is 19.0 Å². The van der Waals surface area contributed by atoms with Crippen molar-refractivity contribution in [1.29, 1.82) is 0 Å². The zero-order valence-corrected chi connectivity index (χ0v) is 13.8. The van der Waals surface area contributed by atoms with Crippen molar-refractivity contribution < 1.29 is 12.8 Å². The summed E-state index contributed by atoms with van der Waals surface area (Å²) in [4.78, 5) is 13.8. The lowest BCUT2D eigenvalue weighted by Crippen LogP contribution is -2.36. The maximum Gasteiger partial charge on any atom is 0.437 e. The Kier molecular flexibility index (Phi) is 4.13. The van der Waals surface area contributed by atoms with Crippen molar-refractivity contribution in [2.45, 2.75) is 20.4 Å². The van der Waals surface area contributed by atoms with E-state index in [0.717, 1.165) is 24.3 Å². The van der Waals surface area contributed by atoms with Crippen LogP contribution in [-0.2, 0) is 16.6 Å². The van der Waals surface area contributed by atoms with Gasteiger partial charge in [0.05, 0.1) is 12.3 Å². The number of hydrogen-bond acceptors (Lipinski definition) is 6. The normalized spacial score (nSPS) is 26.6. The number of rotatable bonds is 5. The Morgan fingerprint density at radius 2 is 1.86 bits per heavy atom. The van der Waals surface area contributed by atoms with Gasteiger partial charge in [-0.3, -0.25) is 0 Å².